The zero-order valence-electron chi connectivity index (χ0n) is 11.5. The highest BCUT2D eigenvalue weighted by molar-refractivity contribution is 9.09. The summed E-state index contributed by atoms with van der Waals surface area (Å²) in [5.41, 5.74) is 1.22. The zero-order chi connectivity index (χ0) is 13.0. The van der Waals surface area contributed by atoms with Gasteiger partial charge in [0.25, 0.3) is 0 Å². The molecule has 0 saturated carbocycles. The van der Waals surface area contributed by atoms with Crippen molar-refractivity contribution >= 4 is 15.9 Å². The van der Waals surface area contributed by atoms with E-state index in [0.29, 0.717) is 6.04 Å². The molecular formula is C14H24BrN3. The highest BCUT2D eigenvalue weighted by Crippen LogP contribution is 2.22. The molecule has 0 aliphatic carbocycles. The molecule has 1 aromatic rings. The lowest BCUT2D eigenvalue weighted by atomic mass is 10.1. The Morgan fingerprint density at radius 1 is 1.56 bits per heavy atom. The highest BCUT2D eigenvalue weighted by Gasteiger charge is 2.22. The van der Waals surface area contributed by atoms with Gasteiger partial charge in [-0.15, -0.1) is 0 Å². The fraction of sp³-hybridized carbons (Fsp3) is 0.786. The first-order chi connectivity index (χ1) is 8.72. The molecule has 2 unspecified atom stereocenters. The summed E-state index contributed by atoms with van der Waals surface area (Å²) in [6.45, 7) is 7.91. The van der Waals surface area contributed by atoms with Crippen LogP contribution in [0.4, 0.5) is 0 Å². The standard InChI is InChI=1S/C14H24BrN3/c1-3-12(2)18-9-6-14(16-18)11-17-8-5-13(10-17)4-7-15/h6,9,12-13H,3-5,7-8,10-11H2,1-2H3. The Morgan fingerprint density at radius 3 is 3.11 bits per heavy atom. The van der Waals surface area contributed by atoms with Crippen LogP contribution in [0.2, 0.25) is 0 Å². The predicted molar refractivity (Wildman–Crippen MR) is 79.0 cm³/mol. The lowest BCUT2D eigenvalue weighted by Crippen LogP contribution is -2.20. The maximum atomic E-state index is 4.68. The Labute approximate surface area is 119 Å². The molecule has 1 fully saturated rings. The van der Waals surface area contributed by atoms with Crippen molar-refractivity contribution < 1.29 is 0 Å². The van der Waals surface area contributed by atoms with Crippen molar-refractivity contribution in [3.63, 3.8) is 0 Å². The SMILES string of the molecule is CCC(C)n1ccc(CN2CCC(CCBr)C2)n1. The maximum absolute atomic E-state index is 4.68. The first-order valence-corrected chi connectivity index (χ1v) is 8.17. The number of hydrogen-bond acceptors (Lipinski definition) is 2. The number of alkyl halides is 1. The maximum Gasteiger partial charge on any atom is 0.0764 e. The molecule has 4 heteroatoms. The first kappa shape index (κ1) is 14.1. The van der Waals surface area contributed by atoms with Gasteiger partial charge in [0, 0.05) is 30.7 Å². The molecule has 1 aromatic heterocycles. The molecule has 1 aliphatic heterocycles. The summed E-state index contributed by atoms with van der Waals surface area (Å²) in [5, 5.41) is 5.81. The Bertz CT molecular complexity index is 364. The Morgan fingerprint density at radius 2 is 2.39 bits per heavy atom. The van der Waals surface area contributed by atoms with Gasteiger partial charge in [0.2, 0.25) is 0 Å². The van der Waals surface area contributed by atoms with Gasteiger partial charge in [-0.2, -0.15) is 5.10 Å². The molecule has 0 aromatic carbocycles. The van der Waals surface area contributed by atoms with Crippen LogP contribution in [0.5, 0.6) is 0 Å². The number of likely N-dealkylation sites (tertiary alicyclic amines) is 1. The van der Waals surface area contributed by atoms with Crippen LogP contribution >= 0.6 is 15.9 Å². The van der Waals surface area contributed by atoms with E-state index in [2.05, 4.69) is 56.7 Å². The molecular weight excluding hydrogens is 290 g/mol. The number of halogens is 1. The summed E-state index contributed by atoms with van der Waals surface area (Å²) in [4.78, 5) is 2.54. The third-order valence-electron chi connectivity index (χ3n) is 3.98. The highest BCUT2D eigenvalue weighted by atomic mass is 79.9. The number of nitrogens with zero attached hydrogens (tertiary/aromatic N) is 3. The minimum atomic E-state index is 0.512. The monoisotopic (exact) mass is 313 g/mol. The fourth-order valence-corrected chi connectivity index (χ4v) is 3.22. The van der Waals surface area contributed by atoms with Gasteiger partial charge in [-0.1, -0.05) is 22.9 Å². The van der Waals surface area contributed by atoms with E-state index in [9.17, 15) is 0 Å². The van der Waals surface area contributed by atoms with Crippen molar-refractivity contribution in [3.05, 3.63) is 18.0 Å². The summed E-state index contributed by atoms with van der Waals surface area (Å²) in [6, 6.07) is 2.68. The molecule has 1 aliphatic rings. The van der Waals surface area contributed by atoms with E-state index in [-0.39, 0.29) is 0 Å². The van der Waals surface area contributed by atoms with E-state index in [1.807, 2.05) is 0 Å². The van der Waals surface area contributed by atoms with E-state index in [1.54, 1.807) is 0 Å². The number of aromatic nitrogens is 2. The lowest BCUT2D eigenvalue weighted by molar-refractivity contribution is 0.309. The summed E-state index contributed by atoms with van der Waals surface area (Å²) < 4.78 is 2.10. The Balaban J connectivity index is 1.85. The van der Waals surface area contributed by atoms with Crippen LogP contribution in [0.25, 0.3) is 0 Å². The quantitative estimate of drug-likeness (QED) is 0.750. The molecule has 2 heterocycles. The topological polar surface area (TPSA) is 21.1 Å². The van der Waals surface area contributed by atoms with E-state index in [4.69, 9.17) is 0 Å². The minimum Gasteiger partial charge on any atom is -0.297 e. The fourth-order valence-electron chi connectivity index (χ4n) is 2.57. The first-order valence-electron chi connectivity index (χ1n) is 7.05. The summed E-state index contributed by atoms with van der Waals surface area (Å²) >= 11 is 3.54. The third-order valence-corrected chi connectivity index (χ3v) is 4.44. The predicted octanol–water partition coefficient (Wildman–Crippen LogP) is 3.46. The minimum absolute atomic E-state index is 0.512. The second-order valence-electron chi connectivity index (χ2n) is 5.41. The average molecular weight is 314 g/mol. The van der Waals surface area contributed by atoms with Crippen molar-refractivity contribution in [3.8, 4) is 0 Å². The van der Waals surface area contributed by atoms with Crippen LogP contribution in [-0.4, -0.2) is 33.1 Å². The van der Waals surface area contributed by atoms with Crippen LogP contribution in [0.3, 0.4) is 0 Å². The summed E-state index contributed by atoms with van der Waals surface area (Å²) in [7, 11) is 0. The zero-order valence-corrected chi connectivity index (χ0v) is 13.1. The van der Waals surface area contributed by atoms with Crippen molar-refractivity contribution in [2.75, 3.05) is 18.4 Å². The third kappa shape index (κ3) is 3.58. The van der Waals surface area contributed by atoms with Crippen molar-refractivity contribution in [1.82, 2.24) is 14.7 Å². The van der Waals surface area contributed by atoms with Crippen molar-refractivity contribution in [2.24, 2.45) is 5.92 Å². The van der Waals surface area contributed by atoms with E-state index < -0.39 is 0 Å². The van der Waals surface area contributed by atoms with E-state index in [0.717, 1.165) is 24.2 Å². The Kier molecular flexibility index (Phi) is 5.25. The second kappa shape index (κ2) is 6.71. The summed E-state index contributed by atoms with van der Waals surface area (Å²) in [6.07, 6.45) is 5.91. The Hall–Kier alpha value is -0.350. The van der Waals surface area contributed by atoms with Gasteiger partial charge >= 0.3 is 0 Å². The normalized spacial score (nSPS) is 22.5. The van der Waals surface area contributed by atoms with Gasteiger partial charge in [0.15, 0.2) is 0 Å². The molecule has 1 saturated heterocycles. The van der Waals surface area contributed by atoms with Crippen LogP contribution in [0, 0.1) is 5.92 Å². The smallest absolute Gasteiger partial charge is 0.0764 e. The summed E-state index contributed by atoms with van der Waals surface area (Å²) in [5.74, 6) is 0.876. The van der Waals surface area contributed by atoms with Gasteiger partial charge < -0.3 is 0 Å². The lowest BCUT2D eigenvalue weighted by Gasteiger charge is -2.14. The van der Waals surface area contributed by atoms with Gasteiger partial charge in [0.05, 0.1) is 5.69 Å². The molecule has 0 bridgehead atoms. The molecule has 2 atom stereocenters. The van der Waals surface area contributed by atoms with Gasteiger partial charge in [-0.05, 0) is 44.7 Å². The molecule has 3 nitrogen and oxygen atoms in total. The molecule has 0 amide bonds. The second-order valence-corrected chi connectivity index (χ2v) is 6.20. The van der Waals surface area contributed by atoms with Crippen LogP contribution in [0.1, 0.15) is 44.8 Å². The van der Waals surface area contributed by atoms with Gasteiger partial charge in [-0.25, -0.2) is 0 Å². The number of hydrogen-bond donors (Lipinski definition) is 0. The average Bonchev–Trinajstić information content (AvgIpc) is 2.99. The largest absolute Gasteiger partial charge is 0.297 e. The molecule has 18 heavy (non-hydrogen) atoms. The molecule has 0 spiro atoms. The van der Waals surface area contributed by atoms with E-state index >= 15 is 0 Å². The van der Waals surface area contributed by atoms with Crippen LogP contribution in [0.15, 0.2) is 12.3 Å². The molecule has 2 rings (SSSR count). The molecule has 0 radical (unpaired) electrons. The van der Waals surface area contributed by atoms with E-state index in [1.165, 1.54) is 31.6 Å². The van der Waals surface area contributed by atoms with Gasteiger partial charge in [0.1, 0.15) is 0 Å². The van der Waals surface area contributed by atoms with Gasteiger partial charge in [-0.3, -0.25) is 9.58 Å². The molecule has 102 valence electrons. The van der Waals surface area contributed by atoms with Crippen LogP contribution in [-0.2, 0) is 6.54 Å². The van der Waals surface area contributed by atoms with Crippen molar-refractivity contribution in [1.29, 1.82) is 0 Å². The molecule has 0 N–H and O–H groups in total. The number of rotatable bonds is 6. The van der Waals surface area contributed by atoms with Crippen LogP contribution < -0.4 is 0 Å². The van der Waals surface area contributed by atoms with Crippen molar-refractivity contribution in [2.45, 2.75) is 45.7 Å².